The van der Waals surface area contributed by atoms with E-state index in [1.54, 1.807) is 6.33 Å². The summed E-state index contributed by atoms with van der Waals surface area (Å²) in [4.78, 5) is 8.23. The molecule has 0 aromatic carbocycles. The minimum Gasteiger partial charge on any atom is -0.393 e. The molecule has 0 aliphatic heterocycles. The summed E-state index contributed by atoms with van der Waals surface area (Å²) >= 11 is 0. The van der Waals surface area contributed by atoms with Gasteiger partial charge in [0.05, 0.1) is 6.10 Å². The summed E-state index contributed by atoms with van der Waals surface area (Å²) in [7, 11) is 0. The second-order valence-electron chi connectivity index (χ2n) is 4.60. The van der Waals surface area contributed by atoms with E-state index >= 15 is 0 Å². The van der Waals surface area contributed by atoms with Gasteiger partial charge in [-0.1, -0.05) is 0 Å². The lowest BCUT2D eigenvalue weighted by molar-refractivity contribution is 0.111. The summed E-state index contributed by atoms with van der Waals surface area (Å²) in [6.07, 6.45) is 5.61. The van der Waals surface area contributed by atoms with E-state index in [4.69, 9.17) is 0 Å². The Kier molecular flexibility index (Phi) is 3.72. The predicted molar refractivity (Wildman–Crippen MR) is 63.2 cm³/mol. The van der Waals surface area contributed by atoms with Crippen molar-refractivity contribution < 1.29 is 5.11 Å². The van der Waals surface area contributed by atoms with Gasteiger partial charge in [-0.05, 0) is 38.5 Å². The van der Waals surface area contributed by atoms with Crippen LogP contribution in [0.4, 0.5) is 5.82 Å². The number of anilines is 1. The summed E-state index contributed by atoms with van der Waals surface area (Å²) < 4.78 is 0. The smallest absolute Gasteiger partial charge is 0.129 e. The van der Waals surface area contributed by atoms with E-state index in [0.717, 1.165) is 43.7 Å². The average Bonchev–Trinajstić information content (AvgIpc) is 2.28. The maximum Gasteiger partial charge on any atom is 0.129 e. The first-order valence-corrected chi connectivity index (χ1v) is 5.94. The number of nitrogens with zero attached hydrogens (tertiary/aromatic N) is 2. The fourth-order valence-corrected chi connectivity index (χ4v) is 2.15. The van der Waals surface area contributed by atoms with Gasteiger partial charge in [0.25, 0.3) is 0 Å². The highest BCUT2D eigenvalue weighted by Crippen LogP contribution is 2.24. The van der Waals surface area contributed by atoms with Crippen LogP contribution in [0.25, 0.3) is 0 Å². The number of hydrogen-bond donors (Lipinski definition) is 2. The largest absolute Gasteiger partial charge is 0.393 e. The van der Waals surface area contributed by atoms with E-state index in [1.807, 2.05) is 13.0 Å². The molecule has 16 heavy (non-hydrogen) atoms. The quantitative estimate of drug-likeness (QED) is 0.816. The molecular formula is C12H19N3O. The van der Waals surface area contributed by atoms with E-state index in [9.17, 15) is 5.11 Å². The van der Waals surface area contributed by atoms with Crippen LogP contribution in [0.1, 0.15) is 31.4 Å². The molecule has 4 heteroatoms. The van der Waals surface area contributed by atoms with Crippen molar-refractivity contribution in [1.82, 2.24) is 9.97 Å². The monoisotopic (exact) mass is 221 g/mol. The van der Waals surface area contributed by atoms with E-state index in [1.165, 1.54) is 0 Å². The van der Waals surface area contributed by atoms with E-state index in [-0.39, 0.29) is 6.10 Å². The number of aliphatic hydroxyl groups excluding tert-OH is 1. The van der Waals surface area contributed by atoms with Gasteiger partial charge in [0.2, 0.25) is 0 Å². The number of nitrogens with one attached hydrogen (secondary N) is 1. The molecule has 88 valence electrons. The Bertz CT molecular complexity index is 335. The van der Waals surface area contributed by atoms with Crippen molar-refractivity contribution in [3.8, 4) is 0 Å². The van der Waals surface area contributed by atoms with Gasteiger partial charge >= 0.3 is 0 Å². The highest BCUT2D eigenvalue weighted by molar-refractivity contribution is 5.34. The lowest BCUT2D eigenvalue weighted by Crippen LogP contribution is -2.23. The van der Waals surface area contributed by atoms with E-state index in [0.29, 0.717) is 5.92 Å². The Morgan fingerprint density at radius 1 is 1.31 bits per heavy atom. The maximum atomic E-state index is 9.41. The van der Waals surface area contributed by atoms with E-state index in [2.05, 4.69) is 15.3 Å². The van der Waals surface area contributed by atoms with Crippen LogP contribution in [-0.2, 0) is 0 Å². The molecule has 1 heterocycles. The third kappa shape index (κ3) is 3.17. The van der Waals surface area contributed by atoms with Crippen molar-refractivity contribution in [1.29, 1.82) is 0 Å². The van der Waals surface area contributed by atoms with Gasteiger partial charge in [-0.25, -0.2) is 9.97 Å². The molecule has 0 atom stereocenters. The molecule has 1 aromatic rings. The molecule has 1 aliphatic carbocycles. The summed E-state index contributed by atoms with van der Waals surface area (Å²) in [5.41, 5.74) is 0.983. The Hall–Kier alpha value is -1.16. The Morgan fingerprint density at radius 3 is 2.75 bits per heavy atom. The molecule has 0 radical (unpaired) electrons. The summed E-state index contributed by atoms with van der Waals surface area (Å²) in [5.74, 6) is 1.57. The van der Waals surface area contributed by atoms with Crippen molar-refractivity contribution in [3.63, 3.8) is 0 Å². The topological polar surface area (TPSA) is 58.0 Å². The Labute approximate surface area is 96.1 Å². The van der Waals surface area contributed by atoms with Crippen LogP contribution in [0, 0.1) is 12.8 Å². The van der Waals surface area contributed by atoms with Gasteiger partial charge in [0.15, 0.2) is 0 Å². The molecule has 0 bridgehead atoms. The van der Waals surface area contributed by atoms with Crippen molar-refractivity contribution in [2.45, 2.75) is 38.7 Å². The van der Waals surface area contributed by atoms with Gasteiger partial charge in [0.1, 0.15) is 12.1 Å². The lowest BCUT2D eigenvalue weighted by Gasteiger charge is -2.25. The van der Waals surface area contributed by atoms with Crippen LogP contribution < -0.4 is 5.32 Å². The molecule has 0 unspecified atom stereocenters. The zero-order valence-corrected chi connectivity index (χ0v) is 9.69. The minimum absolute atomic E-state index is 0.0717. The van der Waals surface area contributed by atoms with E-state index < -0.39 is 0 Å². The number of aromatic nitrogens is 2. The molecule has 2 N–H and O–H groups in total. The average molecular weight is 221 g/mol. The van der Waals surface area contributed by atoms with Crippen molar-refractivity contribution in [2.24, 2.45) is 5.92 Å². The van der Waals surface area contributed by atoms with Crippen LogP contribution in [0.5, 0.6) is 0 Å². The van der Waals surface area contributed by atoms with Gasteiger partial charge < -0.3 is 10.4 Å². The van der Waals surface area contributed by atoms with Crippen molar-refractivity contribution >= 4 is 5.82 Å². The van der Waals surface area contributed by atoms with Crippen LogP contribution in [0.2, 0.25) is 0 Å². The van der Waals surface area contributed by atoms with Gasteiger partial charge in [-0.15, -0.1) is 0 Å². The van der Waals surface area contributed by atoms with Crippen LogP contribution in [-0.4, -0.2) is 27.7 Å². The Morgan fingerprint density at radius 2 is 2.06 bits per heavy atom. The fourth-order valence-electron chi connectivity index (χ4n) is 2.15. The first kappa shape index (κ1) is 11.3. The Balaban J connectivity index is 1.79. The first-order valence-electron chi connectivity index (χ1n) is 5.94. The molecule has 1 fully saturated rings. The second kappa shape index (κ2) is 5.25. The number of hydrogen-bond acceptors (Lipinski definition) is 4. The molecule has 1 aliphatic rings. The van der Waals surface area contributed by atoms with Gasteiger partial charge in [-0.3, -0.25) is 0 Å². The predicted octanol–water partition coefficient (Wildman–Crippen LogP) is 1.75. The number of aryl methyl sites for hydroxylation is 1. The van der Waals surface area contributed by atoms with Crippen LogP contribution in [0.3, 0.4) is 0 Å². The third-order valence-corrected chi connectivity index (χ3v) is 3.19. The molecule has 1 aromatic heterocycles. The SMILES string of the molecule is Cc1cc(NCC2CCC(O)CC2)ncn1. The summed E-state index contributed by atoms with van der Waals surface area (Å²) in [5, 5.41) is 12.7. The van der Waals surface area contributed by atoms with Crippen LogP contribution >= 0.6 is 0 Å². The lowest BCUT2D eigenvalue weighted by atomic mass is 9.87. The zero-order valence-electron chi connectivity index (χ0n) is 9.69. The fraction of sp³-hybridized carbons (Fsp3) is 0.667. The molecule has 0 spiro atoms. The molecule has 2 rings (SSSR count). The minimum atomic E-state index is -0.0717. The van der Waals surface area contributed by atoms with Crippen molar-refractivity contribution in [2.75, 3.05) is 11.9 Å². The standard InChI is InChI=1S/C12H19N3O/c1-9-6-12(15-8-14-9)13-7-10-2-4-11(16)5-3-10/h6,8,10-11,16H,2-5,7H2,1H3,(H,13,14,15). The highest BCUT2D eigenvalue weighted by atomic mass is 16.3. The molecule has 4 nitrogen and oxygen atoms in total. The summed E-state index contributed by atoms with van der Waals surface area (Å²) in [6, 6.07) is 1.96. The maximum absolute atomic E-state index is 9.41. The molecule has 0 amide bonds. The van der Waals surface area contributed by atoms with Gasteiger partial charge in [0, 0.05) is 18.3 Å². The number of rotatable bonds is 3. The molecule has 1 saturated carbocycles. The first-order chi connectivity index (χ1) is 7.74. The second-order valence-corrected chi connectivity index (χ2v) is 4.60. The van der Waals surface area contributed by atoms with Crippen LogP contribution in [0.15, 0.2) is 12.4 Å². The zero-order chi connectivity index (χ0) is 11.4. The normalized spacial score (nSPS) is 25.4. The summed E-state index contributed by atoms with van der Waals surface area (Å²) in [6.45, 7) is 2.91. The third-order valence-electron chi connectivity index (χ3n) is 3.19. The highest BCUT2D eigenvalue weighted by Gasteiger charge is 2.18. The molecule has 0 saturated heterocycles. The van der Waals surface area contributed by atoms with Gasteiger partial charge in [-0.2, -0.15) is 0 Å². The number of aliphatic hydroxyl groups is 1. The van der Waals surface area contributed by atoms with Crippen molar-refractivity contribution in [3.05, 3.63) is 18.1 Å². The molecular weight excluding hydrogens is 202 g/mol.